The third-order valence-electron chi connectivity index (χ3n) is 2.06. The van der Waals surface area contributed by atoms with E-state index in [4.69, 9.17) is 11.6 Å². The molecule has 0 spiro atoms. The van der Waals surface area contributed by atoms with Crippen LogP contribution in [0.4, 0.5) is 0 Å². The van der Waals surface area contributed by atoms with Crippen LogP contribution < -0.4 is 0 Å². The largest absolute Gasteiger partial charge is 0.253 e. The smallest absolute Gasteiger partial charge is 0.176 e. The molecule has 0 aromatic carbocycles. The molecule has 68 valence electrons. The molecule has 14 heavy (non-hydrogen) atoms. The van der Waals surface area contributed by atoms with E-state index in [-0.39, 0.29) is 0 Å². The molecule has 0 saturated carbocycles. The van der Waals surface area contributed by atoms with Crippen molar-refractivity contribution in [3.8, 4) is 0 Å². The van der Waals surface area contributed by atoms with Gasteiger partial charge in [-0.2, -0.15) is 5.10 Å². The summed E-state index contributed by atoms with van der Waals surface area (Å²) in [5.74, 6) is 0. The Kier molecular flexibility index (Phi) is 1.46. The van der Waals surface area contributed by atoms with Crippen LogP contribution in [0.15, 0.2) is 30.7 Å². The van der Waals surface area contributed by atoms with E-state index in [0.717, 1.165) is 11.0 Å². The first-order chi connectivity index (χ1) is 6.86. The van der Waals surface area contributed by atoms with Crippen molar-refractivity contribution in [3.05, 3.63) is 35.9 Å². The lowest BCUT2D eigenvalue weighted by Crippen LogP contribution is -1.93. The van der Waals surface area contributed by atoms with Gasteiger partial charge in [0.1, 0.15) is 5.52 Å². The zero-order chi connectivity index (χ0) is 9.54. The zero-order valence-corrected chi connectivity index (χ0v) is 7.81. The Bertz CT molecular complexity index is 616. The summed E-state index contributed by atoms with van der Waals surface area (Å²) in [6, 6.07) is 3.78. The van der Waals surface area contributed by atoms with Gasteiger partial charge in [0.25, 0.3) is 0 Å². The molecular formula is C9H5ClN4. The Morgan fingerprint density at radius 3 is 3.07 bits per heavy atom. The van der Waals surface area contributed by atoms with Crippen molar-refractivity contribution >= 4 is 28.2 Å². The van der Waals surface area contributed by atoms with E-state index in [1.807, 2.05) is 12.1 Å². The molecule has 3 aromatic rings. The van der Waals surface area contributed by atoms with Gasteiger partial charge in [0, 0.05) is 24.0 Å². The summed E-state index contributed by atoms with van der Waals surface area (Å²) in [7, 11) is 0. The summed E-state index contributed by atoms with van der Waals surface area (Å²) >= 11 is 5.97. The summed E-state index contributed by atoms with van der Waals surface area (Å²) in [5, 5.41) is 5.43. The van der Waals surface area contributed by atoms with Crippen molar-refractivity contribution in [3.63, 3.8) is 0 Å². The van der Waals surface area contributed by atoms with Crippen molar-refractivity contribution in [1.29, 1.82) is 0 Å². The highest BCUT2D eigenvalue weighted by atomic mass is 35.5. The average Bonchev–Trinajstić information content (AvgIpc) is 2.66. The van der Waals surface area contributed by atoms with Crippen LogP contribution in [0, 0.1) is 0 Å². The van der Waals surface area contributed by atoms with Crippen molar-refractivity contribution in [2.45, 2.75) is 0 Å². The quantitative estimate of drug-likeness (QED) is 0.562. The van der Waals surface area contributed by atoms with Crippen molar-refractivity contribution in [2.24, 2.45) is 0 Å². The fourth-order valence-electron chi connectivity index (χ4n) is 1.46. The van der Waals surface area contributed by atoms with Crippen LogP contribution in [-0.4, -0.2) is 19.6 Å². The first-order valence-electron chi connectivity index (χ1n) is 4.10. The van der Waals surface area contributed by atoms with E-state index in [1.54, 1.807) is 23.1 Å². The molecule has 0 N–H and O–H groups in total. The maximum absolute atomic E-state index is 5.97. The average molecular weight is 205 g/mol. The van der Waals surface area contributed by atoms with Crippen LogP contribution >= 0.6 is 11.6 Å². The highest BCUT2D eigenvalue weighted by molar-refractivity contribution is 6.34. The Balaban J connectivity index is 2.67. The predicted octanol–water partition coefficient (Wildman–Crippen LogP) is 1.93. The molecule has 3 aromatic heterocycles. The lowest BCUT2D eigenvalue weighted by atomic mass is 10.3. The molecule has 0 atom stereocenters. The molecule has 0 aliphatic carbocycles. The van der Waals surface area contributed by atoms with Gasteiger partial charge in [-0.25, -0.2) is 9.50 Å². The maximum Gasteiger partial charge on any atom is 0.176 e. The van der Waals surface area contributed by atoms with E-state index >= 15 is 0 Å². The summed E-state index contributed by atoms with van der Waals surface area (Å²) in [4.78, 5) is 8.35. The Morgan fingerprint density at radius 1 is 1.21 bits per heavy atom. The topological polar surface area (TPSA) is 43.1 Å². The van der Waals surface area contributed by atoms with Gasteiger partial charge >= 0.3 is 0 Å². The fraction of sp³-hybridized carbons (Fsp3) is 0. The van der Waals surface area contributed by atoms with Crippen LogP contribution in [0.1, 0.15) is 0 Å². The van der Waals surface area contributed by atoms with Crippen LogP contribution in [0.3, 0.4) is 0 Å². The van der Waals surface area contributed by atoms with E-state index in [1.165, 1.54) is 0 Å². The molecule has 0 fully saturated rings. The second-order valence-corrected chi connectivity index (χ2v) is 3.24. The third kappa shape index (κ3) is 0.914. The number of pyridine rings is 1. The number of nitrogens with zero attached hydrogens (tertiary/aromatic N) is 4. The Labute approximate surface area is 84.2 Å². The van der Waals surface area contributed by atoms with E-state index < -0.39 is 0 Å². The van der Waals surface area contributed by atoms with Gasteiger partial charge in [-0.05, 0) is 12.1 Å². The minimum absolute atomic E-state index is 0.395. The van der Waals surface area contributed by atoms with Gasteiger partial charge in [-0.15, -0.1) is 0 Å². The normalized spacial score (nSPS) is 11.2. The molecule has 3 heterocycles. The fourth-order valence-corrected chi connectivity index (χ4v) is 1.69. The lowest BCUT2D eigenvalue weighted by Gasteiger charge is -2.00. The molecule has 0 amide bonds. The molecular weight excluding hydrogens is 200 g/mol. The Morgan fingerprint density at radius 2 is 2.14 bits per heavy atom. The van der Waals surface area contributed by atoms with E-state index in [2.05, 4.69) is 15.1 Å². The minimum Gasteiger partial charge on any atom is -0.253 e. The molecule has 0 aliphatic rings. The van der Waals surface area contributed by atoms with E-state index in [9.17, 15) is 0 Å². The minimum atomic E-state index is 0.395. The molecule has 0 saturated heterocycles. The summed E-state index contributed by atoms with van der Waals surface area (Å²) in [5.41, 5.74) is 1.46. The predicted molar refractivity (Wildman–Crippen MR) is 53.3 cm³/mol. The summed E-state index contributed by atoms with van der Waals surface area (Å²) in [6.07, 6.45) is 5.13. The van der Waals surface area contributed by atoms with Gasteiger partial charge in [-0.1, -0.05) is 11.6 Å². The highest BCUT2D eigenvalue weighted by Gasteiger charge is 2.07. The van der Waals surface area contributed by atoms with Crippen molar-refractivity contribution in [2.75, 3.05) is 0 Å². The number of imidazole rings is 1. The number of aromatic nitrogens is 4. The Hall–Kier alpha value is -1.68. The number of fused-ring (bicyclic) bond motifs is 3. The molecule has 0 unspecified atom stereocenters. The van der Waals surface area contributed by atoms with Crippen LogP contribution in [0.25, 0.3) is 16.6 Å². The number of hydrogen-bond donors (Lipinski definition) is 0. The standard InChI is InChI=1S/C9H5ClN4/c10-8-7-6(2-1-3-11-7)9-12-4-5-14(9)13-8/h1-5H. The SMILES string of the molecule is Clc1nn2ccnc2c2cccnc12. The second kappa shape index (κ2) is 2.65. The molecule has 4 nitrogen and oxygen atoms in total. The summed E-state index contributed by atoms with van der Waals surface area (Å²) < 4.78 is 1.65. The third-order valence-corrected chi connectivity index (χ3v) is 2.32. The molecule has 0 aliphatic heterocycles. The molecule has 5 heteroatoms. The van der Waals surface area contributed by atoms with Crippen molar-refractivity contribution < 1.29 is 0 Å². The van der Waals surface area contributed by atoms with Crippen LogP contribution in [-0.2, 0) is 0 Å². The second-order valence-electron chi connectivity index (χ2n) is 2.89. The van der Waals surface area contributed by atoms with Crippen molar-refractivity contribution in [1.82, 2.24) is 19.6 Å². The number of halogens is 1. The highest BCUT2D eigenvalue weighted by Crippen LogP contribution is 2.21. The monoisotopic (exact) mass is 204 g/mol. The number of rotatable bonds is 0. The van der Waals surface area contributed by atoms with Crippen LogP contribution in [0.2, 0.25) is 5.15 Å². The van der Waals surface area contributed by atoms with Gasteiger partial charge < -0.3 is 0 Å². The van der Waals surface area contributed by atoms with Gasteiger partial charge in [0.05, 0.1) is 0 Å². The van der Waals surface area contributed by atoms with Gasteiger partial charge in [0.15, 0.2) is 10.8 Å². The van der Waals surface area contributed by atoms with Crippen LogP contribution in [0.5, 0.6) is 0 Å². The van der Waals surface area contributed by atoms with E-state index in [0.29, 0.717) is 10.7 Å². The first kappa shape index (κ1) is 7.70. The van der Waals surface area contributed by atoms with Gasteiger partial charge in [0.2, 0.25) is 0 Å². The zero-order valence-electron chi connectivity index (χ0n) is 7.05. The molecule has 3 rings (SSSR count). The van der Waals surface area contributed by atoms with Gasteiger partial charge in [-0.3, -0.25) is 4.98 Å². The number of hydrogen-bond acceptors (Lipinski definition) is 3. The summed E-state index contributed by atoms with van der Waals surface area (Å²) in [6.45, 7) is 0. The maximum atomic E-state index is 5.97. The molecule has 0 radical (unpaired) electrons. The lowest BCUT2D eigenvalue weighted by molar-refractivity contribution is 0.945. The first-order valence-corrected chi connectivity index (χ1v) is 4.47. The molecule has 0 bridgehead atoms.